The van der Waals surface area contributed by atoms with Crippen LogP contribution in [-0.4, -0.2) is 34.0 Å². The molecule has 0 saturated carbocycles. The summed E-state index contributed by atoms with van der Waals surface area (Å²) in [5, 5.41) is 8.95. The van der Waals surface area contributed by atoms with Gasteiger partial charge < -0.3 is 4.74 Å². The van der Waals surface area contributed by atoms with Crippen LogP contribution < -0.4 is 0 Å². The number of esters is 1. The molecule has 1 heterocycles. The van der Waals surface area contributed by atoms with Crippen molar-refractivity contribution in [1.29, 1.82) is 0 Å². The van der Waals surface area contributed by atoms with Gasteiger partial charge in [-0.15, -0.1) is 16.9 Å². The smallest absolute Gasteiger partial charge is 0.360 e. The maximum absolute atomic E-state index is 11.9. The van der Waals surface area contributed by atoms with Crippen LogP contribution in [0.25, 0.3) is 0 Å². The van der Waals surface area contributed by atoms with Gasteiger partial charge in [-0.3, -0.25) is 0 Å². The largest absolute Gasteiger partial charge is 0.461 e. The van der Waals surface area contributed by atoms with Crippen molar-refractivity contribution in [3.63, 3.8) is 0 Å². The maximum Gasteiger partial charge on any atom is 0.360 e. The van der Waals surface area contributed by atoms with Gasteiger partial charge in [-0.1, -0.05) is 28.4 Å². The summed E-state index contributed by atoms with van der Waals surface area (Å²) < 4.78 is 6.73. The summed E-state index contributed by atoms with van der Waals surface area (Å²) in [4.78, 5) is 12.9. The van der Waals surface area contributed by atoms with Crippen LogP contribution >= 0.6 is 43.7 Å². The molecule has 0 bridgehead atoms. The second kappa shape index (κ2) is 8.16. The fourth-order valence-corrected chi connectivity index (χ4v) is 3.68. The van der Waals surface area contributed by atoms with Gasteiger partial charge in [-0.2, -0.15) is 0 Å². The van der Waals surface area contributed by atoms with Crippen molar-refractivity contribution in [2.45, 2.75) is 17.6 Å². The summed E-state index contributed by atoms with van der Waals surface area (Å²) in [6.45, 7) is 4.03. The third kappa shape index (κ3) is 4.13. The fourth-order valence-electron chi connectivity index (χ4n) is 1.69. The van der Waals surface area contributed by atoms with Crippen LogP contribution in [0.4, 0.5) is 0 Å². The highest BCUT2D eigenvalue weighted by molar-refractivity contribution is 7.98. The minimum absolute atomic E-state index is 0.267. The number of hydrogen-bond donors (Lipinski definition) is 0. The lowest BCUT2D eigenvalue weighted by molar-refractivity contribution is 0.0518. The van der Waals surface area contributed by atoms with Crippen molar-refractivity contribution in [1.82, 2.24) is 14.8 Å². The maximum atomic E-state index is 11.9. The number of carbonyl (C=O) groups is 1. The first-order valence-electron chi connectivity index (χ1n) is 6.44. The van der Waals surface area contributed by atoms with E-state index in [1.165, 1.54) is 11.8 Å². The van der Waals surface area contributed by atoms with E-state index in [1.54, 1.807) is 23.5 Å². The predicted molar refractivity (Wildman–Crippen MR) is 91.6 cm³/mol. The van der Waals surface area contributed by atoms with Gasteiger partial charge >= 0.3 is 5.97 Å². The number of halogens is 2. The number of hydrogen-bond acceptors (Lipinski definition) is 5. The van der Waals surface area contributed by atoms with E-state index in [0.717, 1.165) is 10.6 Å². The molecule has 1 atom stereocenters. The Bertz CT molecular complexity index is 681. The van der Waals surface area contributed by atoms with Crippen molar-refractivity contribution >= 4 is 49.7 Å². The zero-order valence-electron chi connectivity index (χ0n) is 12.0. The average molecular weight is 378 g/mol. The number of aromatic nitrogens is 3. The van der Waals surface area contributed by atoms with E-state index in [4.69, 9.17) is 27.9 Å². The van der Waals surface area contributed by atoms with Gasteiger partial charge in [0.15, 0.2) is 5.69 Å². The second-order valence-electron chi connectivity index (χ2n) is 4.11. The molecule has 1 aromatic carbocycles. The minimum atomic E-state index is -0.447. The van der Waals surface area contributed by atoms with Gasteiger partial charge in [0, 0.05) is 19.4 Å². The van der Waals surface area contributed by atoms with E-state index in [0.29, 0.717) is 31.1 Å². The molecule has 2 rings (SSSR count). The number of ether oxygens (including phenoxy) is 1. The van der Waals surface area contributed by atoms with Crippen LogP contribution in [0.1, 0.15) is 23.1 Å². The third-order valence-electron chi connectivity index (χ3n) is 2.71. The van der Waals surface area contributed by atoms with Crippen molar-refractivity contribution in [2.75, 3.05) is 13.3 Å². The Kier molecular flexibility index (Phi) is 6.50. The molecule has 9 heteroatoms. The monoisotopic (exact) mass is 377 g/mol. The molecule has 1 aromatic heterocycles. The van der Waals surface area contributed by atoms with E-state index in [1.807, 2.05) is 12.7 Å². The average Bonchev–Trinajstić information content (AvgIpc) is 2.91. The molecule has 0 amide bonds. The Morgan fingerprint density at radius 2 is 2.18 bits per heavy atom. The molecule has 0 aliphatic carbocycles. The fraction of sp³-hybridized carbons (Fsp3) is 0.308. The van der Waals surface area contributed by atoms with Crippen molar-refractivity contribution in [2.24, 2.45) is 0 Å². The normalized spacial score (nSPS) is 11.3. The van der Waals surface area contributed by atoms with Crippen LogP contribution in [-0.2, 0) is 10.5 Å². The summed E-state index contributed by atoms with van der Waals surface area (Å²) in [6, 6.07) is 5.42. The highest BCUT2D eigenvalue weighted by Gasteiger charge is 2.20. The lowest BCUT2D eigenvalue weighted by atomic mass is 10.3. The molecule has 0 fully saturated rings. The Morgan fingerprint density at radius 3 is 2.82 bits per heavy atom. The van der Waals surface area contributed by atoms with Crippen molar-refractivity contribution < 1.29 is 9.53 Å². The second-order valence-corrected chi connectivity index (χ2v) is 6.84. The molecule has 0 saturated heterocycles. The van der Waals surface area contributed by atoms with Crippen LogP contribution in [0.3, 0.4) is 0 Å². The minimum Gasteiger partial charge on any atom is -0.461 e. The van der Waals surface area contributed by atoms with Gasteiger partial charge in [-0.25, -0.2) is 9.25 Å². The molecule has 0 aliphatic rings. The number of benzene rings is 1. The number of nitrogens with zero attached hydrogens (tertiary/aromatic N) is 3. The van der Waals surface area contributed by atoms with Gasteiger partial charge in [0.05, 0.1) is 22.3 Å². The molecular weight excluding hydrogens is 364 g/mol. The quantitative estimate of drug-likeness (QED) is 0.430. The summed E-state index contributed by atoms with van der Waals surface area (Å²) >= 11 is 13.4. The summed E-state index contributed by atoms with van der Waals surface area (Å²) in [5.74, 6) is 0.0942. The van der Waals surface area contributed by atoms with Gasteiger partial charge in [-0.05, 0) is 31.8 Å². The van der Waals surface area contributed by atoms with Crippen LogP contribution in [0.15, 0.2) is 23.1 Å². The van der Waals surface area contributed by atoms with Crippen LogP contribution in [0, 0.1) is 0 Å². The van der Waals surface area contributed by atoms with Gasteiger partial charge in [0.1, 0.15) is 0 Å². The SMILES string of the molecule is CCOC(=O)c1nnn(PC)c1CSc1ccc(Cl)c(Cl)c1. The molecule has 118 valence electrons. The molecule has 0 aliphatic heterocycles. The van der Waals surface area contributed by atoms with E-state index < -0.39 is 5.97 Å². The highest BCUT2D eigenvalue weighted by Crippen LogP contribution is 2.31. The van der Waals surface area contributed by atoms with Crippen molar-refractivity contribution in [3.05, 3.63) is 39.6 Å². The first-order chi connectivity index (χ1) is 10.6. The Balaban J connectivity index is 2.18. The highest BCUT2D eigenvalue weighted by atomic mass is 35.5. The molecule has 0 radical (unpaired) electrons. The first-order valence-corrected chi connectivity index (χ1v) is 9.63. The number of rotatable bonds is 6. The Labute approximate surface area is 144 Å². The molecular formula is C13H14Cl2N3O2PS. The lowest BCUT2D eigenvalue weighted by Crippen LogP contribution is -2.08. The third-order valence-corrected chi connectivity index (χ3v) is 5.24. The standard InChI is InChI=1S/C13H14Cl2N3O2PS/c1-3-20-13(19)12-11(18(21-2)17-16-12)7-22-8-4-5-9(14)10(15)6-8/h4-6,21H,3,7H2,1-2H3. The van der Waals surface area contributed by atoms with Crippen molar-refractivity contribution in [3.8, 4) is 0 Å². The zero-order valence-corrected chi connectivity index (χ0v) is 15.3. The Morgan fingerprint density at radius 1 is 1.41 bits per heavy atom. The van der Waals surface area contributed by atoms with E-state index in [-0.39, 0.29) is 5.69 Å². The molecule has 22 heavy (non-hydrogen) atoms. The zero-order chi connectivity index (χ0) is 16.1. The molecule has 5 nitrogen and oxygen atoms in total. The van der Waals surface area contributed by atoms with Gasteiger partial charge in [0.2, 0.25) is 0 Å². The molecule has 0 N–H and O–H groups in total. The Hall–Kier alpha value is -0.810. The number of carbonyl (C=O) groups excluding carboxylic acids is 1. The summed E-state index contributed by atoms with van der Waals surface area (Å²) in [5.41, 5.74) is 1.01. The lowest BCUT2D eigenvalue weighted by Gasteiger charge is -2.07. The molecule has 0 spiro atoms. The van der Waals surface area contributed by atoms with Gasteiger partial charge in [0.25, 0.3) is 0 Å². The summed E-state index contributed by atoms with van der Waals surface area (Å²) in [6.07, 6.45) is 0. The number of thioether (sulfide) groups is 1. The van der Waals surface area contributed by atoms with E-state index in [2.05, 4.69) is 10.3 Å². The van der Waals surface area contributed by atoms with Crippen LogP contribution in [0.2, 0.25) is 10.0 Å². The van der Waals surface area contributed by atoms with E-state index in [9.17, 15) is 4.79 Å². The van der Waals surface area contributed by atoms with E-state index >= 15 is 0 Å². The van der Waals surface area contributed by atoms with Crippen LogP contribution in [0.5, 0.6) is 0 Å². The topological polar surface area (TPSA) is 57.0 Å². The predicted octanol–water partition coefficient (Wildman–Crippen LogP) is 4.13. The molecule has 2 aromatic rings. The first kappa shape index (κ1) is 17.5. The summed E-state index contributed by atoms with van der Waals surface area (Å²) in [7, 11) is 0.382. The molecule has 1 unspecified atom stereocenters.